The van der Waals surface area contributed by atoms with E-state index in [0.717, 1.165) is 16.4 Å². The normalized spacial score (nSPS) is 15.4. The molecule has 5 nitrogen and oxygen atoms in total. The second-order valence-electron chi connectivity index (χ2n) is 7.03. The first-order valence-corrected chi connectivity index (χ1v) is 10.4. The van der Waals surface area contributed by atoms with E-state index in [2.05, 4.69) is 28.6 Å². The van der Waals surface area contributed by atoms with E-state index < -0.39 is 0 Å². The average molecular weight is 386 g/mol. The minimum atomic E-state index is -0.279. The van der Waals surface area contributed by atoms with Gasteiger partial charge in [-0.15, -0.1) is 0 Å². The predicted octanol–water partition coefficient (Wildman–Crippen LogP) is 5.49. The maximum atomic E-state index is 13.1. The van der Waals surface area contributed by atoms with Gasteiger partial charge in [-0.05, 0) is 51.0 Å². The fraction of sp³-hybridized carbons (Fsp3) is 0.450. The first kappa shape index (κ1) is 18.2. The number of aryl methyl sites for hydroxylation is 1. The molecule has 0 amide bonds. The number of halogens is 1. The highest BCUT2D eigenvalue weighted by Gasteiger charge is 2.22. The Bertz CT molecular complexity index is 913. The van der Waals surface area contributed by atoms with Gasteiger partial charge in [-0.2, -0.15) is 4.98 Å². The van der Waals surface area contributed by atoms with E-state index in [1.54, 1.807) is 23.9 Å². The van der Waals surface area contributed by atoms with Gasteiger partial charge in [0.2, 0.25) is 11.7 Å². The zero-order valence-corrected chi connectivity index (χ0v) is 16.4. The van der Waals surface area contributed by atoms with E-state index >= 15 is 0 Å². The zero-order valence-electron chi connectivity index (χ0n) is 15.6. The molecule has 3 aromatic rings. The van der Waals surface area contributed by atoms with Gasteiger partial charge in [0.25, 0.3) is 0 Å². The smallest absolute Gasteiger partial charge is 0.237 e. The standard InChI is InChI=1S/C20H23FN4OS/c1-13-14(2)25(17-6-4-3-5-7-17)20(22-13)27-12-18-23-19(24-26-18)15-8-10-16(21)11-9-15/h8-11,17H,3-7,12H2,1-2H3. The lowest BCUT2D eigenvalue weighted by Gasteiger charge is -2.25. The molecule has 1 aliphatic carbocycles. The van der Waals surface area contributed by atoms with Crippen molar-refractivity contribution in [1.29, 1.82) is 0 Å². The summed E-state index contributed by atoms with van der Waals surface area (Å²) < 4.78 is 20.8. The maximum Gasteiger partial charge on any atom is 0.237 e. The van der Waals surface area contributed by atoms with Crippen molar-refractivity contribution < 1.29 is 8.91 Å². The summed E-state index contributed by atoms with van der Waals surface area (Å²) in [7, 11) is 0. The third-order valence-corrected chi connectivity index (χ3v) is 6.13. The summed E-state index contributed by atoms with van der Waals surface area (Å²) in [5.74, 6) is 1.32. The summed E-state index contributed by atoms with van der Waals surface area (Å²) in [5, 5.41) is 5.04. The molecule has 2 heterocycles. The second kappa shape index (κ2) is 7.84. The van der Waals surface area contributed by atoms with Gasteiger partial charge < -0.3 is 9.09 Å². The number of imidazole rings is 1. The summed E-state index contributed by atoms with van der Waals surface area (Å²) in [6.07, 6.45) is 6.35. The van der Waals surface area contributed by atoms with E-state index in [0.29, 0.717) is 23.5 Å². The maximum absolute atomic E-state index is 13.1. The van der Waals surface area contributed by atoms with Crippen molar-refractivity contribution in [2.24, 2.45) is 0 Å². The van der Waals surface area contributed by atoms with Crippen LogP contribution in [0.3, 0.4) is 0 Å². The molecule has 4 rings (SSSR count). The molecule has 0 bridgehead atoms. The first-order chi connectivity index (χ1) is 13.1. The number of nitrogens with zero attached hydrogens (tertiary/aromatic N) is 4. The molecule has 0 radical (unpaired) electrons. The van der Waals surface area contributed by atoms with Crippen molar-refractivity contribution >= 4 is 11.8 Å². The molecule has 0 unspecified atom stereocenters. The number of aromatic nitrogens is 4. The third-order valence-electron chi connectivity index (χ3n) is 5.19. The highest BCUT2D eigenvalue weighted by molar-refractivity contribution is 7.98. The van der Waals surface area contributed by atoms with Gasteiger partial charge in [-0.25, -0.2) is 9.37 Å². The molecule has 1 aromatic carbocycles. The molecule has 0 spiro atoms. The van der Waals surface area contributed by atoms with Crippen molar-refractivity contribution in [3.63, 3.8) is 0 Å². The molecular weight excluding hydrogens is 363 g/mol. The first-order valence-electron chi connectivity index (χ1n) is 9.38. The molecule has 7 heteroatoms. The van der Waals surface area contributed by atoms with Crippen molar-refractivity contribution in [2.45, 2.75) is 62.9 Å². The number of hydrogen-bond donors (Lipinski definition) is 0. The van der Waals surface area contributed by atoms with Crippen LogP contribution in [0.25, 0.3) is 11.4 Å². The van der Waals surface area contributed by atoms with Crippen molar-refractivity contribution in [2.75, 3.05) is 0 Å². The van der Waals surface area contributed by atoms with Gasteiger partial charge in [0.05, 0.1) is 11.4 Å². The molecule has 1 aliphatic rings. The van der Waals surface area contributed by atoms with Crippen LogP contribution in [-0.4, -0.2) is 19.7 Å². The van der Waals surface area contributed by atoms with Gasteiger partial charge in [0, 0.05) is 17.3 Å². The van der Waals surface area contributed by atoms with Gasteiger partial charge >= 0.3 is 0 Å². The van der Waals surface area contributed by atoms with Crippen LogP contribution in [0.4, 0.5) is 4.39 Å². The fourth-order valence-corrected chi connectivity index (χ4v) is 4.62. The predicted molar refractivity (Wildman–Crippen MR) is 103 cm³/mol. The molecule has 0 N–H and O–H groups in total. The van der Waals surface area contributed by atoms with E-state index in [-0.39, 0.29) is 5.82 Å². The molecule has 1 fully saturated rings. The number of rotatable bonds is 5. The summed E-state index contributed by atoms with van der Waals surface area (Å²) in [4.78, 5) is 9.21. The molecule has 142 valence electrons. The lowest BCUT2D eigenvalue weighted by molar-refractivity contribution is 0.332. The van der Waals surface area contributed by atoms with Crippen molar-refractivity contribution in [3.05, 3.63) is 47.4 Å². The summed E-state index contributed by atoms with van der Waals surface area (Å²) in [6.45, 7) is 4.22. The second-order valence-corrected chi connectivity index (χ2v) is 7.98. The fourth-order valence-electron chi connectivity index (χ4n) is 3.62. The van der Waals surface area contributed by atoms with Gasteiger partial charge in [-0.1, -0.05) is 36.2 Å². The molecule has 0 aliphatic heterocycles. The molecule has 0 atom stereocenters. The quantitative estimate of drug-likeness (QED) is 0.543. The number of thioether (sulfide) groups is 1. The van der Waals surface area contributed by atoms with Crippen LogP contribution in [0.2, 0.25) is 0 Å². The largest absolute Gasteiger partial charge is 0.338 e. The molecule has 1 saturated carbocycles. The van der Waals surface area contributed by atoms with Crippen molar-refractivity contribution in [1.82, 2.24) is 19.7 Å². The minimum absolute atomic E-state index is 0.279. The molecular formula is C20H23FN4OS. The van der Waals surface area contributed by atoms with Crippen molar-refractivity contribution in [3.8, 4) is 11.4 Å². The van der Waals surface area contributed by atoms with Crippen LogP contribution in [0, 0.1) is 19.7 Å². The van der Waals surface area contributed by atoms with E-state index in [1.165, 1.54) is 49.9 Å². The van der Waals surface area contributed by atoms with Crippen LogP contribution >= 0.6 is 11.8 Å². The van der Waals surface area contributed by atoms with Crippen LogP contribution in [0.1, 0.15) is 55.4 Å². The highest BCUT2D eigenvalue weighted by Crippen LogP contribution is 2.35. The molecule has 0 saturated heterocycles. The van der Waals surface area contributed by atoms with Gasteiger partial charge in [0.15, 0.2) is 5.16 Å². The molecule has 2 aromatic heterocycles. The van der Waals surface area contributed by atoms with E-state index in [9.17, 15) is 4.39 Å². The average Bonchev–Trinajstić information content (AvgIpc) is 3.26. The minimum Gasteiger partial charge on any atom is -0.338 e. The molecule has 27 heavy (non-hydrogen) atoms. The van der Waals surface area contributed by atoms with Crippen LogP contribution in [-0.2, 0) is 5.75 Å². The topological polar surface area (TPSA) is 56.7 Å². The van der Waals surface area contributed by atoms with Crippen LogP contribution in [0.5, 0.6) is 0 Å². The summed E-state index contributed by atoms with van der Waals surface area (Å²) in [5.41, 5.74) is 3.08. The third kappa shape index (κ3) is 3.93. The van der Waals surface area contributed by atoms with Crippen LogP contribution in [0.15, 0.2) is 33.9 Å². The lowest BCUT2D eigenvalue weighted by atomic mass is 9.95. The van der Waals surface area contributed by atoms with Gasteiger partial charge in [0.1, 0.15) is 5.82 Å². The zero-order chi connectivity index (χ0) is 18.8. The Morgan fingerprint density at radius 1 is 1.11 bits per heavy atom. The number of benzene rings is 1. The Labute approximate surface area is 162 Å². The highest BCUT2D eigenvalue weighted by atomic mass is 32.2. The summed E-state index contributed by atoms with van der Waals surface area (Å²) in [6, 6.07) is 6.64. The monoisotopic (exact) mass is 386 g/mol. The Hall–Kier alpha value is -2.15. The number of hydrogen-bond acceptors (Lipinski definition) is 5. The Morgan fingerprint density at radius 2 is 1.85 bits per heavy atom. The Morgan fingerprint density at radius 3 is 2.59 bits per heavy atom. The van der Waals surface area contributed by atoms with Gasteiger partial charge in [-0.3, -0.25) is 0 Å². The van der Waals surface area contributed by atoms with Crippen LogP contribution < -0.4 is 0 Å². The SMILES string of the molecule is Cc1nc(SCc2nc(-c3ccc(F)cc3)no2)n(C2CCCCC2)c1C. The van der Waals surface area contributed by atoms with E-state index in [1.807, 2.05) is 0 Å². The lowest BCUT2D eigenvalue weighted by Crippen LogP contribution is -2.15. The Balaban J connectivity index is 1.49. The summed E-state index contributed by atoms with van der Waals surface area (Å²) >= 11 is 1.64. The Kier molecular flexibility index (Phi) is 5.29. The van der Waals surface area contributed by atoms with E-state index in [4.69, 9.17) is 9.51 Å².